The minimum Gasteiger partial charge on any atom is -0.385 e. The molecule has 7 rings (SSSR count). The van der Waals surface area contributed by atoms with E-state index in [2.05, 4.69) is 26.6 Å². The highest BCUT2D eigenvalue weighted by Crippen LogP contribution is 2.41. The summed E-state index contributed by atoms with van der Waals surface area (Å²) in [6.45, 7) is 0.613. The number of rotatable bonds is 12. The lowest BCUT2D eigenvalue weighted by Gasteiger charge is -2.27. The van der Waals surface area contributed by atoms with Crippen molar-refractivity contribution in [3.8, 4) is 0 Å². The number of unbranched alkanes of at least 4 members (excludes halogenated alkanes) is 2. The molecule has 19 heteroatoms. The number of anilines is 2. The molecule has 310 valence electrons. The maximum absolute atomic E-state index is 14.3. The lowest BCUT2D eigenvalue weighted by molar-refractivity contribution is -0.138. The molecule has 0 aromatic heterocycles. The van der Waals surface area contributed by atoms with E-state index in [1.807, 2.05) is 0 Å². The summed E-state index contributed by atoms with van der Waals surface area (Å²) < 4.78 is 68.9. The van der Waals surface area contributed by atoms with Crippen molar-refractivity contribution in [3.05, 3.63) is 128 Å². The Bertz CT molecular complexity index is 2510. The summed E-state index contributed by atoms with van der Waals surface area (Å²) >= 11 is 6.34. The molecule has 0 bridgehead atoms. The number of imide groups is 2. The predicted molar refractivity (Wildman–Crippen MR) is 204 cm³/mol. The Morgan fingerprint density at radius 1 is 0.783 bits per heavy atom. The van der Waals surface area contributed by atoms with Crippen molar-refractivity contribution in [2.75, 3.05) is 23.7 Å². The van der Waals surface area contributed by atoms with Gasteiger partial charge in [-0.2, -0.15) is 13.2 Å². The molecule has 1 fully saturated rings. The second-order valence-corrected chi connectivity index (χ2v) is 14.6. The Balaban J connectivity index is 0.994. The molecule has 1 saturated heterocycles. The quantitative estimate of drug-likeness (QED) is 0.0641. The fourth-order valence-corrected chi connectivity index (χ4v) is 7.49. The molecule has 5 N–H and O–H groups in total. The first kappa shape index (κ1) is 41.5. The smallest absolute Gasteiger partial charge is 0.385 e. The van der Waals surface area contributed by atoms with Gasteiger partial charge in [-0.3, -0.25) is 43.8 Å². The summed E-state index contributed by atoms with van der Waals surface area (Å²) in [7, 11) is 0. The summed E-state index contributed by atoms with van der Waals surface area (Å²) in [4.78, 5) is 90.8. The van der Waals surface area contributed by atoms with E-state index in [-0.39, 0.29) is 69.5 Å². The van der Waals surface area contributed by atoms with E-state index in [9.17, 15) is 55.5 Å². The third kappa shape index (κ3) is 8.40. The molecule has 60 heavy (non-hydrogen) atoms. The minimum absolute atomic E-state index is 0.00254. The zero-order chi connectivity index (χ0) is 43.0. The molecule has 13 nitrogen and oxygen atoms in total. The minimum atomic E-state index is -4.97. The average molecular weight is 851 g/mol. The van der Waals surface area contributed by atoms with Crippen LogP contribution in [0.15, 0.2) is 66.7 Å². The second-order valence-electron chi connectivity index (χ2n) is 14.2. The second kappa shape index (κ2) is 16.5. The molecular weight excluding hydrogens is 819 g/mol. The molecule has 0 radical (unpaired) electrons. The number of hydrogen-bond donors (Lipinski definition) is 5. The largest absolute Gasteiger partial charge is 0.416 e. The van der Waals surface area contributed by atoms with Crippen LogP contribution in [0.2, 0.25) is 5.02 Å². The van der Waals surface area contributed by atoms with Gasteiger partial charge in [0.05, 0.1) is 22.7 Å². The summed E-state index contributed by atoms with van der Waals surface area (Å²) in [5.74, 6) is -7.04. The van der Waals surface area contributed by atoms with Crippen LogP contribution in [0.25, 0.3) is 0 Å². The number of carbonyl (C=O) groups excluding carboxylic acids is 7. The van der Waals surface area contributed by atoms with Crippen LogP contribution in [0.1, 0.15) is 107 Å². The number of benzene rings is 4. The van der Waals surface area contributed by atoms with Gasteiger partial charge in [0.25, 0.3) is 29.5 Å². The molecule has 2 atom stereocenters. The van der Waals surface area contributed by atoms with Gasteiger partial charge in [-0.05, 0) is 92.4 Å². The van der Waals surface area contributed by atoms with Crippen molar-refractivity contribution in [3.63, 3.8) is 0 Å². The third-order valence-electron chi connectivity index (χ3n) is 10.2. The molecule has 4 aromatic rings. The Morgan fingerprint density at radius 2 is 1.52 bits per heavy atom. The van der Waals surface area contributed by atoms with Crippen molar-refractivity contribution in [2.24, 2.45) is 0 Å². The van der Waals surface area contributed by atoms with Gasteiger partial charge in [0.2, 0.25) is 11.8 Å². The van der Waals surface area contributed by atoms with Crippen molar-refractivity contribution in [1.29, 1.82) is 0 Å². The van der Waals surface area contributed by atoms with E-state index in [0.717, 1.165) is 17.0 Å². The highest BCUT2D eigenvalue weighted by atomic mass is 35.5. The fraction of sp³-hybridized carbons (Fsp3) is 0.244. The van der Waals surface area contributed by atoms with Crippen molar-refractivity contribution >= 4 is 64.3 Å². The lowest BCUT2D eigenvalue weighted by atomic mass is 9.94. The third-order valence-corrected chi connectivity index (χ3v) is 10.5. The molecule has 0 saturated carbocycles. The zero-order valence-electron chi connectivity index (χ0n) is 31.0. The number of nitrogens with one attached hydrogen (secondary N) is 5. The van der Waals surface area contributed by atoms with E-state index in [1.54, 1.807) is 6.07 Å². The van der Waals surface area contributed by atoms with E-state index in [4.69, 9.17) is 11.6 Å². The molecular formula is C41H32ClF5N6O7. The monoisotopic (exact) mass is 850 g/mol. The van der Waals surface area contributed by atoms with Gasteiger partial charge in [-0.1, -0.05) is 11.6 Å². The van der Waals surface area contributed by atoms with Gasteiger partial charge in [0.15, 0.2) is 0 Å². The number of nitrogens with zero attached hydrogens (tertiary/aromatic N) is 1. The molecule has 0 spiro atoms. The molecule has 4 aromatic carbocycles. The first-order valence-corrected chi connectivity index (χ1v) is 18.9. The van der Waals surface area contributed by atoms with Crippen LogP contribution in [0.5, 0.6) is 0 Å². The van der Waals surface area contributed by atoms with Crippen molar-refractivity contribution < 1.29 is 55.5 Å². The number of fused-ring (bicyclic) bond motifs is 2. The van der Waals surface area contributed by atoms with Gasteiger partial charge in [0.1, 0.15) is 17.7 Å². The van der Waals surface area contributed by atoms with E-state index in [1.165, 1.54) is 30.3 Å². The van der Waals surface area contributed by atoms with Gasteiger partial charge >= 0.3 is 6.18 Å². The van der Waals surface area contributed by atoms with Crippen LogP contribution in [0.4, 0.5) is 33.3 Å². The molecule has 1 unspecified atom stereocenters. The highest BCUT2D eigenvalue weighted by molar-refractivity contribution is 6.31. The van der Waals surface area contributed by atoms with Gasteiger partial charge in [-0.25, -0.2) is 8.78 Å². The number of alkyl halides is 3. The summed E-state index contributed by atoms with van der Waals surface area (Å²) in [5.41, 5.74) is -1.57. The molecule has 3 aliphatic heterocycles. The first-order chi connectivity index (χ1) is 28.5. The Hall–Kier alpha value is -6.69. The van der Waals surface area contributed by atoms with Crippen molar-refractivity contribution in [2.45, 2.75) is 50.4 Å². The fourth-order valence-electron chi connectivity index (χ4n) is 7.26. The molecule has 7 amide bonds. The first-order valence-electron chi connectivity index (χ1n) is 18.5. The highest BCUT2D eigenvalue weighted by Gasteiger charge is 2.45. The van der Waals surface area contributed by atoms with Gasteiger partial charge in [0, 0.05) is 63.7 Å². The summed E-state index contributed by atoms with van der Waals surface area (Å²) in [6, 6.07) is 9.48. The van der Waals surface area contributed by atoms with Crippen molar-refractivity contribution in [1.82, 2.24) is 20.9 Å². The van der Waals surface area contributed by atoms with Crippen LogP contribution in [-0.4, -0.2) is 65.4 Å². The number of carbonyl (C=O) groups is 7. The molecule has 3 aliphatic rings. The maximum atomic E-state index is 14.3. The van der Waals surface area contributed by atoms with Crippen LogP contribution in [-0.2, 0) is 15.8 Å². The Kier molecular flexibility index (Phi) is 11.4. The Morgan fingerprint density at radius 3 is 2.27 bits per heavy atom. The van der Waals surface area contributed by atoms with Gasteiger partial charge in [-0.15, -0.1) is 0 Å². The maximum Gasteiger partial charge on any atom is 0.416 e. The normalized spacial score (nSPS) is 17.2. The predicted octanol–water partition coefficient (Wildman–Crippen LogP) is 6.14. The van der Waals surface area contributed by atoms with Crippen LogP contribution in [0.3, 0.4) is 0 Å². The van der Waals surface area contributed by atoms with Crippen LogP contribution < -0.4 is 26.6 Å². The number of halogens is 6. The van der Waals surface area contributed by atoms with E-state index < -0.39 is 82.4 Å². The Labute approximate surface area is 342 Å². The van der Waals surface area contributed by atoms with Crippen LogP contribution >= 0.6 is 11.6 Å². The number of hydrogen-bond acceptors (Lipinski definition) is 8. The summed E-state index contributed by atoms with van der Waals surface area (Å²) in [6.07, 6.45) is -3.23. The molecule has 3 heterocycles. The van der Waals surface area contributed by atoms with E-state index >= 15 is 0 Å². The number of piperidine rings is 1. The topological polar surface area (TPSA) is 183 Å². The number of amides is 7. The lowest BCUT2D eigenvalue weighted by Crippen LogP contribution is -2.54. The van der Waals surface area contributed by atoms with Crippen LogP contribution in [0, 0.1) is 11.6 Å². The molecule has 0 aliphatic carbocycles. The average Bonchev–Trinajstić information content (AvgIpc) is 3.66. The standard InChI is InChI=1S/C41H32ClF5N6O7/c42-29-7-4-22(43)17-27(29)34-33-28(37(57)52-34)14-20(15-30(33)50-36(56)19-12-21(41(45,46)47)16-23(44)13-19)35(55)49-11-3-1-2-10-48-24-5-6-25-26(18-24)40(60)53(39(25)59)31-8-9-32(54)51-38(31)58/h4-7,12-18,31,34,48H,1-3,8-11H2,(H,49,55)(H,50,56)(H,52,57)(H,51,54,58)/t31?,34-/m0/s1. The summed E-state index contributed by atoms with van der Waals surface area (Å²) in [5, 5.41) is 13.1. The van der Waals surface area contributed by atoms with Gasteiger partial charge < -0.3 is 21.3 Å². The zero-order valence-corrected chi connectivity index (χ0v) is 31.8. The van der Waals surface area contributed by atoms with E-state index in [0.29, 0.717) is 43.6 Å². The SMILES string of the molecule is O=C1CCC(N2C(=O)c3ccc(NCCCCCNC(=O)c4cc(NC(=O)c5cc(F)cc(C(F)(F)F)c5)c5c(c4)C(=O)N[C@H]5c4cc(F)ccc4Cl)cc3C2=O)C(=O)N1.